The summed E-state index contributed by atoms with van der Waals surface area (Å²) in [6, 6.07) is 8.71. The Balaban J connectivity index is 1.86. The zero-order valence-electron chi connectivity index (χ0n) is 41.8. The normalized spacial score (nSPS) is 27.0. The predicted molar refractivity (Wildman–Crippen MR) is 265 cm³/mol. The molecule has 69 heavy (non-hydrogen) atoms. The minimum absolute atomic E-state index is 0.0224. The molecule has 2 saturated heterocycles. The van der Waals surface area contributed by atoms with E-state index in [1.54, 1.807) is 58.9 Å². The summed E-state index contributed by atoms with van der Waals surface area (Å²) in [4.78, 5) is 117. The monoisotopic (exact) mass is 977 g/mol. The first-order valence-electron chi connectivity index (χ1n) is 24.6. The van der Waals surface area contributed by atoms with Crippen molar-refractivity contribution in [2.75, 3.05) is 18.6 Å². The maximum absolute atomic E-state index is 14.7. The summed E-state index contributed by atoms with van der Waals surface area (Å²) in [5.74, 6) is -6.98. The maximum atomic E-state index is 14.7. The third-order valence-corrected chi connectivity index (χ3v) is 14.4. The van der Waals surface area contributed by atoms with Gasteiger partial charge in [0.25, 0.3) is 0 Å². The van der Waals surface area contributed by atoms with Crippen LogP contribution in [0.25, 0.3) is 0 Å². The van der Waals surface area contributed by atoms with E-state index in [4.69, 9.17) is 0 Å². The van der Waals surface area contributed by atoms with Gasteiger partial charge in [-0.3, -0.25) is 42.6 Å². The first-order valence-corrected chi connectivity index (χ1v) is 26.3. The zero-order chi connectivity index (χ0) is 50.9. The molecule has 2 heterocycles. The van der Waals surface area contributed by atoms with Crippen LogP contribution in [-0.4, -0.2) is 123 Å². The molecule has 7 N–H and O–H groups in total. The van der Waals surface area contributed by atoms with Crippen molar-refractivity contribution in [3.63, 3.8) is 0 Å². The maximum Gasteiger partial charge on any atom is 0.246 e. The van der Waals surface area contributed by atoms with Crippen LogP contribution < -0.4 is 37.2 Å². The second-order valence-corrected chi connectivity index (χ2v) is 20.7. The Bertz CT molecular complexity index is 2110. The second kappa shape index (κ2) is 26.9. The van der Waals surface area contributed by atoms with Crippen molar-refractivity contribution in [2.45, 2.75) is 155 Å². The van der Waals surface area contributed by atoms with Gasteiger partial charge >= 0.3 is 0 Å². The number of nitrogens with one attached hydrogen (secondary N) is 7. The first kappa shape index (κ1) is 55.9. The van der Waals surface area contributed by atoms with Crippen molar-refractivity contribution in [3.8, 4) is 0 Å². The average Bonchev–Trinajstić information content (AvgIpc) is 3.83. The summed E-state index contributed by atoms with van der Waals surface area (Å²) < 4.78 is 12.4. The summed E-state index contributed by atoms with van der Waals surface area (Å²) in [5.41, 5.74) is 1.45. The molecule has 0 spiro atoms. The minimum atomic E-state index is -1.38. The lowest BCUT2D eigenvalue weighted by Gasteiger charge is -2.33. The number of nitrogens with zero attached hydrogens (tertiary/aromatic N) is 1. The Kier molecular flexibility index (Phi) is 21.8. The highest BCUT2D eigenvalue weighted by molar-refractivity contribution is 7.84. The number of carbonyl (C=O) groups excluding carboxylic acids is 8. The van der Waals surface area contributed by atoms with E-state index in [0.717, 1.165) is 5.56 Å². The van der Waals surface area contributed by atoms with E-state index in [1.807, 2.05) is 57.2 Å². The summed E-state index contributed by atoms with van der Waals surface area (Å²) in [7, 11) is -1.38. The van der Waals surface area contributed by atoms with Crippen molar-refractivity contribution in [2.24, 2.45) is 23.7 Å². The lowest BCUT2D eigenvalue weighted by atomic mass is 9.95. The molecule has 4 rings (SSSR count). The van der Waals surface area contributed by atoms with Gasteiger partial charge in [0.1, 0.15) is 48.3 Å². The highest BCUT2D eigenvalue weighted by Gasteiger charge is 2.42. The number of hydrogen-bond acceptors (Lipinski definition) is 9. The van der Waals surface area contributed by atoms with Crippen LogP contribution in [0.15, 0.2) is 60.7 Å². The van der Waals surface area contributed by atoms with Gasteiger partial charge < -0.3 is 42.1 Å². The molecule has 0 unspecified atom stereocenters. The van der Waals surface area contributed by atoms with Crippen molar-refractivity contribution in [3.05, 3.63) is 71.8 Å². The van der Waals surface area contributed by atoms with Crippen LogP contribution in [0.2, 0.25) is 0 Å². The Morgan fingerprint density at radius 2 is 0.913 bits per heavy atom. The van der Waals surface area contributed by atoms with E-state index in [9.17, 15) is 42.6 Å². The lowest BCUT2D eigenvalue weighted by molar-refractivity contribution is -0.143. The summed E-state index contributed by atoms with van der Waals surface area (Å²) >= 11 is 0. The summed E-state index contributed by atoms with van der Waals surface area (Å²) in [6.07, 6.45) is 3.59. The number of benzene rings is 2. The molecule has 0 saturated carbocycles. The van der Waals surface area contributed by atoms with Crippen molar-refractivity contribution in [1.29, 1.82) is 0 Å². The van der Waals surface area contributed by atoms with Gasteiger partial charge in [-0.2, -0.15) is 0 Å². The molecule has 2 aromatic rings. The fourth-order valence-corrected chi connectivity index (χ4v) is 9.16. The van der Waals surface area contributed by atoms with Crippen LogP contribution in [0.4, 0.5) is 0 Å². The SMILES string of the molecule is CC[C@H](C)[C@@H]1NC(=O)[C@H](Cc2ccccc2)NC(=O)[C@H]([C@@H](C)CC)NC(=O)[C@@H]2CCCN2C(=O)[C@H](Cc2ccccc2)NC(=O)[C@H](C(C)C)NC(=O)[C@H]([C@@H](C)CC)NC(=O)[C@H](CC[S@](C)=O)NC1=O. The van der Waals surface area contributed by atoms with Gasteiger partial charge in [0, 0.05) is 42.2 Å². The van der Waals surface area contributed by atoms with Gasteiger partial charge in [-0.1, -0.05) is 135 Å². The fourth-order valence-electron chi connectivity index (χ4n) is 8.59. The van der Waals surface area contributed by atoms with Crippen LogP contribution in [0.5, 0.6) is 0 Å². The fraction of sp³-hybridized carbons (Fsp3) is 0.608. The van der Waals surface area contributed by atoms with E-state index in [2.05, 4.69) is 37.2 Å². The summed E-state index contributed by atoms with van der Waals surface area (Å²) in [5, 5.41) is 20.0. The van der Waals surface area contributed by atoms with Gasteiger partial charge in [0.15, 0.2) is 0 Å². The standard InChI is InChI=1S/C51H76N8O9S/c1-10-31(6)41-48(64)52-36(25-27-69(9)68)44(60)56-43(33(8)12-3)50(66)55-40(30(4)5)47(63)54-38(29-35-22-17-14-18-23-35)51(67)59-26-19-24-39(59)46(62)58-42(32(7)11-2)49(65)53-37(45(61)57-41)28-34-20-15-13-16-21-34/h13-18,20-23,30-33,36-43H,10-12,19,24-29H2,1-9H3,(H,52,64)(H,53,65)(H,54,63)(H,55,66)(H,56,60)(H,57,61)(H,58,62)/t31-,32-,33-,36-,37-,38-,39-,40-,41-,42-,43-,69-/m0/s1. The number of hydrogen-bond donors (Lipinski definition) is 7. The Morgan fingerprint density at radius 1 is 0.522 bits per heavy atom. The smallest absolute Gasteiger partial charge is 0.246 e. The van der Waals surface area contributed by atoms with E-state index < -0.39 is 130 Å². The zero-order valence-corrected chi connectivity index (χ0v) is 42.6. The number of carbonyl (C=O) groups is 8. The summed E-state index contributed by atoms with van der Waals surface area (Å²) in [6.45, 7) is 14.6. The van der Waals surface area contributed by atoms with Gasteiger partial charge in [-0.05, 0) is 54.1 Å². The molecule has 8 amide bonds. The number of rotatable bonds is 14. The van der Waals surface area contributed by atoms with Crippen molar-refractivity contribution >= 4 is 58.1 Å². The molecule has 17 nitrogen and oxygen atoms in total. The average molecular weight is 977 g/mol. The molecule has 0 radical (unpaired) electrons. The molecule has 2 fully saturated rings. The van der Waals surface area contributed by atoms with Gasteiger partial charge in [0.2, 0.25) is 47.3 Å². The lowest BCUT2D eigenvalue weighted by Crippen LogP contribution is -2.63. The third kappa shape index (κ3) is 15.9. The molecule has 0 aliphatic carbocycles. The van der Waals surface area contributed by atoms with Gasteiger partial charge in [-0.15, -0.1) is 0 Å². The Morgan fingerprint density at radius 3 is 1.38 bits per heavy atom. The molecule has 0 bridgehead atoms. The molecule has 0 aromatic heterocycles. The van der Waals surface area contributed by atoms with Crippen molar-refractivity contribution in [1.82, 2.24) is 42.1 Å². The molecule has 2 aliphatic heterocycles. The number of amides is 8. The van der Waals surface area contributed by atoms with Crippen LogP contribution >= 0.6 is 0 Å². The van der Waals surface area contributed by atoms with Crippen molar-refractivity contribution < 1.29 is 42.6 Å². The minimum Gasteiger partial charge on any atom is -0.342 e. The molecule has 2 aromatic carbocycles. The van der Waals surface area contributed by atoms with Crippen LogP contribution in [0, 0.1) is 23.7 Å². The van der Waals surface area contributed by atoms with Gasteiger partial charge in [0.05, 0.1) is 0 Å². The first-order chi connectivity index (χ1) is 32.8. The topological polar surface area (TPSA) is 241 Å². The molecule has 12 atom stereocenters. The predicted octanol–water partition coefficient (Wildman–Crippen LogP) is 2.43. The van der Waals surface area contributed by atoms with Crippen LogP contribution in [0.1, 0.15) is 105 Å². The second-order valence-electron chi connectivity index (χ2n) is 19.2. The highest BCUT2D eigenvalue weighted by atomic mass is 32.2. The molecular weight excluding hydrogens is 901 g/mol. The number of fused-ring (bicyclic) bond motifs is 1. The largest absolute Gasteiger partial charge is 0.342 e. The van der Waals surface area contributed by atoms with E-state index in [1.165, 1.54) is 11.2 Å². The Hall–Kier alpha value is -5.65. The van der Waals surface area contributed by atoms with Gasteiger partial charge in [-0.25, -0.2) is 0 Å². The van der Waals surface area contributed by atoms with E-state index in [0.29, 0.717) is 37.7 Å². The molecule has 2 aliphatic rings. The molecule has 18 heteroatoms. The molecule has 380 valence electrons. The van der Waals surface area contributed by atoms with Crippen LogP contribution in [-0.2, 0) is 62.0 Å². The van der Waals surface area contributed by atoms with E-state index >= 15 is 0 Å². The van der Waals surface area contributed by atoms with E-state index in [-0.39, 0.29) is 31.6 Å². The molecular formula is C51H76N8O9S. The van der Waals surface area contributed by atoms with Crippen LogP contribution in [0.3, 0.4) is 0 Å². The third-order valence-electron chi connectivity index (χ3n) is 13.6. The Labute approximate surface area is 410 Å². The highest BCUT2D eigenvalue weighted by Crippen LogP contribution is 2.22. The quantitative estimate of drug-likeness (QED) is 0.147.